The van der Waals surface area contributed by atoms with Gasteiger partial charge in [0, 0.05) is 32.4 Å². The highest BCUT2D eigenvalue weighted by atomic mass is 15.3. The van der Waals surface area contributed by atoms with Crippen LogP contribution in [0.2, 0.25) is 0 Å². The first-order valence-electron chi connectivity index (χ1n) is 8.89. The highest BCUT2D eigenvalue weighted by Crippen LogP contribution is 2.51. The zero-order valence-electron chi connectivity index (χ0n) is 14.4. The van der Waals surface area contributed by atoms with Gasteiger partial charge < -0.3 is 10.6 Å². The van der Waals surface area contributed by atoms with Crippen molar-refractivity contribution >= 4 is 16.9 Å². The standard InChI is InChI=1S/C19H22N6/c1-24-11-15-17(23-24)21-12-22-18(15)25-8-6-19(7-9-25)10-13-4-2-3-5-14(13)16(19)20/h2-5,11-12,16H,6-10,20H2,1H3/t16-/m1/s1. The Balaban J connectivity index is 1.42. The van der Waals surface area contributed by atoms with Crippen LogP contribution in [0.25, 0.3) is 11.0 Å². The Hall–Kier alpha value is -2.47. The molecule has 25 heavy (non-hydrogen) atoms. The predicted molar refractivity (Wildman–Crippen MR) is 97.3 cm³/mol. The van der Waals surface area contributed by atoms with E-state index in [2.05, 4.69) is 44.2 Å². The molecule has 6 nitrogen and oxygen atoms in total. The van der Waals surface area contributed by atoms with E-state index >= 15 is 0 Å². The molecule has 1 aliphatic heterocycles. The van der Waals surface area contributed by atoms with Crippen LogP contribution >= 0.6 is 0 Å². The van der Waals surface area contributed by atoms with Crippen LogP contribution in [0.15, 0.2) is 36.8 Å². The monoisotopic (exact) mass is 334 g/mol. The zero-order valence-corrected chi connectivity index (χ0v) is 14.4. The summed E-state index contributed by atoms with van der Waals surface area (Å²) in [6, 6.07) is 8.81. The third kappa shape index (κ3) is 2.17. The summed E-state index contributed by atoms with van der Waals surface area (Å²) in [5.41, 5.74) is 10.4. The van der Waals surface area contributed by atoms with Crippen LogP contribution in [0.1, 0.15) is 30.0 Å². The molecule has 6 heteroatoms. The van der Waals surface area contributed by atoms with Gasteiger partial charge in [-0.2, -0.15) is 5.10 Å². The molecule has 0 radical (unpaired) electrons. The SMILES string of the molecule is Cn1cc2c(N3CCC4(CC3)Cc3ccccc3[C@H]4N)ncnc2n1. The van der Waals surface area contributed by atoms with Crippen molar-refractivity contribution in [1.82, 2.24) is 19.7 Å². The Morgan fingerprint density at radius 3 is 2.76 bits per heavy atom. The molecule has 3 heterocycles. The molecule has 0 amide bonds. The minimum Gasteiger partial charge on any atom is -0.356 e. The van der Waals surface area contributed by atoms with Gasteiger partial charge in [-0.1, -0.05) is 24.3 Å². The number of benzene rings is 1. The molecule has 2 aromatic heterocycles. The van der Waals surface area contributed by atoms with Gasteiger partial charge in [-0.15, -0.1) is 0 Å². The van der Waals surface area contributed by atoms with Gasteiger partial charge in [0.2, 0.25) is 0 Å². The topological polar surface area (TPSA) is 72.9 Å². The lowest BCUT2D eigenvalue weighted by atomic mass is 9.73. The van der Waals surface area contributed by atoms with E-state index in [1.54, 1.807) is 11.0 Å². The smallest absolute Gasteiger partial charge is 0.186 e. The molecule has 128 valence electrons. The van der Waals surface area contributed by atoms with Crippen molar-refractivity contribution < 1.29 is 0 Å². The maximum atomic E-state index is 6.68. The van der Waals surface area contributed by atoms with Gasteiger partial charge in [0.05, 0.1) is 5.39 Å². The molecule has 3 aromatic rings. The minimum absolute atomic E-state index is 0.148. The minimum atomic E-state index is 0.148. The van der Waals surface area contributed by atoms with Gasteiger partial charge in [-0.05, 0) is 35.8 Å². The van der Waals surface area contributed by atoms with Gasteiger partial charge in [0.15, 0.2) is 5.65 Å². The van der Waals surface area contributed by atoms with Crippen molar-refractivity contribution in [3.63, 3.8) is 0 Å². The molecule has 5 rings (SSSR count). The average Bonchev–Trinajstić information content (AvgIpc) is 3.14. The van der Waals surface area contributed by atoms with E-state index in [0.29, 0.717) is 0 Å². The Kier molecular flexibility index (Phi) is 3.12. The van der Waals surface area contributed by atoms with Crippen molar-refractivity contribution in [1.29, 1.82) is 0 Å². The normalized spacial score (nSPS) is 21.8. The predicted octanol–water partition coefficient (Wildman–Crippen LogP) is 2.21. The molecule has 1 fully saturated rings. The van der Waals surface area contributed by atoms with Crippen molar-refractivity contribution in [3.05, 3.63) is 47.9 Å². The number of hydrogen-bond acceptors (Lipinski definition) is 5. The summed E-state index contributed by atoms with van der Waals surface area (Å²) >= 11 is 0. The van der Waals surface area contributed by atoms with Gasteiger partial charge in [0.25, 0.3) is 0 Å². The summed E-state index contributed by atoms with van der Waals surface area (Å²) in [4.78, 5) is 11.2. The van der Waals surface area contributed by atoms with Crippen molar-refractivity contribution in [3.8, 4) is 0 Å². The van der Waals surface area contributed by atoms with E-state index in [0.717, 1.165) is 49.2 Å². The Morgan fingerprint density at radius 1 is 1.16 bits per heavy atom. The molecular weight excluding hydrogens is 312 g/mol. The quantitative estimate of drug-likeness (QED) is 0.738. The Labute approximate surface area is 146 Å². The second kappa shape index (κ2) is 5.26. The van der Waals surface area contributed by atoms with Gasteiger partial charge >= 0.3 is 0 Å². The fraction of sp³-hybridized carbons (Fsp3) is 0.421. The molecular formula is C19H22N6. The molecule has 1 aliphatic carbocycles. The second-order valence-corrected chi connectivity index (χ2v) is 7.44. The van der Waals surface area contributed by atoms with Crippen molar-refractivity contribution in [2.45, 2.75) is 25.3 Å². The van der Waals surface area contributed by atoms with Crippen LogP contribution in [0, 0.1) is 5.41 Å². The van der Waals surface area contributed by atoms with E-state index in [1.807, 2.05) is 13.2 Å². The summed E-state index contributed by atoms with van der Waals surface area (Å²) in [5.74, 6) is 0.997. The fourth-order valence-corrected chi connectivity index (χ4v) is 4.66. The highest BCUT2D eigenvalue weighted by Gasteiger charge is 2.46. The molecule has 0 saturated carbocycles. The maximum Gasteiger partial charge on any atom is 0.186 e. The lowest BCUT2D eigenvalue weighted by molar-refractivity contribution is 0.187. The number of rotatable bonds is 1. The fourth-order valence-electron chi connectivity index (χ4n) is 4.66. The van der Waals surface area contributed by atoms with E-state index in [1.165, 1.54) is 11.1 Å². The molecule has 0 bridgehead atoms. The lowest BCUT2D eigenvalue weighted by Gasteiger charge is -2.42. The summed E-state index contributed by atoms with van der Waals surface area (Å²) in [6.45, 7) is 1.95. The van der Waals surface area contributed by atoms with E-state index in [4.69, 9.17) is 5.73 Å². The molecule has 2 aliphatic rings. The van der Waals surface area contributed by atoms with Crippen LogP contribution in [-0.4, -0.2) is 32.8 Å². The summed E-state index contributed by atoms with van der Waals surface area (Å²) < 4.78 is 1.80. The first-order valence-corrected chi connectivity index (χ1v) is 8.89. The third-order valence-corrected chi connectivity index (χ3v) is 6.06. The summed E-state index contributed by atoms with van der Waals surface area (Å²) in [5, 5.41) is 5.43. The first-order chi connectivity index (χ1) is 12.2. The Morgan fingerprint density at radius 2 is 1.96 bits per heavy atom. The summed E-state index contributed by atoms with van der Waals surface area (Å²) in [7, 11) is 1.92. The number of aryl methyl sites for hydroxylation is 1. The number of piperidine rings is 1. The molecule has 1 atom stereocenters. The van der Waals surface area contributed by atoms with Crippen LogP contribution in [0.3, 0.4) is 0 Å². The van der Waals surface area contributed by atoms with Gasteiger partial charge in [-0.3, -0.25) is 4.68 Å². The van der Waals surface area contributed by atoms with Crippen LogP contribution in [0.5, 0.6) is 0 Å². The van der Waals surface area contributed by atoms with Crippen LogP contribution < -0.4 is 10.6 Å². The lowest BCUT2D eigenvalue weighted by Crippen LogP contribution is -2.44. The van der Waals surface area contributed by atoms with Gasteiger partial charge in [-0.25, -0.2) is 9.97 Å². The van der Waals surface area contributed by atoms with Gasteiger partial charge in [0.1, 0.15) is 12.1 Å². The number of nitrogens with zero attached hydrogens (tertiary/aromatic N) is 5. The van der Waals surface area contributed by atoms with Crippen molar-refractivity contribution in [2.24, 2.45) is 18.2 Å². The number of aromatic nitrogens is 4. The number of fused-ring (bicyclic) bond motifs is 2. The zero-order chi connectivity index (χ0) is 17.0. The first kappa shape index (κ1) is 14.8. The maximum absolute atomic E-state index is 6.68. The van der Waals surface area contributed by atoms with Crippen molar-refractivity contribution in [2.75, 3.05) is 18.0 Å². The number of hydrogen-bond donors (Lipinski definition) is 1. The van der Waals surface area contributed by atoms with E-state index < -0.39 is 0 Å². The highest BCUT2D eigenvalue weighted by molar-refractivity contribution is 5.86. The molecule has 1 saturated heterocycles. The molecule has 2 N–H and O–H groups in total. The third-order valence-electron chi connectivity index (χ3n) is 6.06. The van der Waals surface area contributed by atoms with E-state index in [-0.39, 0.29) is 11.5 Å². The molecule has 1 spiro atoms. The summed E-state index contributed by atoms with van der Waals surface area (Å²) in [6.07, 6.45) is 6.91. The Bertz CT molecular complexity index is 938. The van der Waals surface area contributed by atoms with Crippen LogP contribution in [0.4, 0.5) is 5.82 Å². The number of nitrogens with two attached hydrogens (primary N) is 1. The average molecular weight is 334 g/mol. The largest absolute Gasteiger partial charge is 0.356 e. The molecule has 0 unspecified atom stereocenters. The molecule has 1 aromatic carbocycles. The van der Waals surface area contributed by atoms with Crippen LogP contribution in [-0.2, 0) is 13.5 Å². The number of anilines is 1. The van der Waals surface area contributed by atoms with E-state index in [9.17, 15) is 0 Å². The second-order valence-electron chi connectivity index (χ2n) is 7.44.